The van der Waals surface area contributed by atoms with Crippen LogP contribution in [0.4, 0.5) is 0 Å². The first-order valence-electron chi connectivity index (χ1n) is 9.24. The van der Waals surface area contributed by atoms with Crippen molar-refractivity contribution in [3.05, 3.63) is 65.7 Å². The third kappa shape index (κ3) is 4.92. The van der Waals surface area contributed by atoms with Gasteiger partial charge in [0.05, 0.1) is 12.1 Å². The molecule has 0 saturated carbocycles. The summed E-state index contributed by atoms with van der Waals surface area (Å²) in [5.74, 6) is -0.489. The predicted octanol–water partition coefficient (Wildman–Crippen LogP) is 2.08. The van der Waals surface area contributed by atoms with Crippen molar-refractivity contribution in [1.82, 2.24) is 15.1 Å². The molecule has 28 heavy (non-hydrogen) atoms. The quantitative estimate of drug-likeness (QED) is 0.776. The third-order valence-electron chi connectivity index (χ3n) is 4.71. The molecule has 0 spiro atoms. The van der Waals surface area contributed by atoms with Crippen molar-refractivity contribution in [3.8, 4) is 0 Å². The zero-order chi connectivity index (χ0) is 19.9. The van der Waals surface area contributed by atoms with E-state index in [4.69, 9.17) is 0 Å². The molecule has 6 nitrogen and oxygen atoms in total. The van der Waals surface area contributed by atoms with Crippen molar-refractivity contribution < 1.29 is 14.4 Å². The number of nitrogens with one attached hydrogen (secondary N) is 1. The van der Waals surface area contributed by atoms with Gasteiger partial charge in [0.1, 0.15) is 0 Å². The minimum Gasteiger partial charge on any atom is -0.343 e. The molecule has 1 saturated heterocycles. The van der Waals surface area contributed by atoms with E-state index < -0.39 is 0 Å². The Morgan fingerprint density at radius 2 is 1.50 bits per heavy atom. The molecule has 2 aromatic rings. The summed E-state index contributed by atoms with van der Waals surface area (Å²) in [4.78, 5) is 41.4. The Kier molecular flexibility index (Phi) is 6.71. The van der Waals surface area contributed by atoms with E-state index >= 15 is 0 Å². The van der Waals surface area contributed by atoms with E-state index in [9.17, 15) is 14.4 Å². The molecule has 1 aliphatic heterocycles. The number of rotatable bonds is 4. The summed E-state index contributed by atoms with van der Waals surface area (Å²) < 4.78 is 0. The average Bonchev–Trinajstić information content (AvgIpc) is 2.98. The highest BCUT2D eigenvalue weighted by Gasteiger charge is 2.23. The second-order valence-electron chi connectivity index (χ2n) is 6.59. The van der Waals surface area contributed by atoms with E-state index in [1.165, 1.54) is 0 Å². The Morgan fingerprint density at radius 3 is 2.25 bits per heavy atom. The second kappa shape index (κ2) is 9.41. The first kappa shape index (κ1) is 19.9. The molecule has 0 bridgehead atoms. The van der Waals surface area contributed by atoms with E-state index in [-0.39, 0.29) is 24.3 Å². The van der Waals surface area contributed by atoms with Crippen molar-refractivity contribution in [2.24, 2.45) is 0 Å². The van der Waals surface area contributed by atoms with Crippen molar-refractivity contribution >= 4 is 30.4 Å². The fraction of sp³-hybridized carbons (Fsp3) is 0.286. The first-order valence-corrected chi connectivity index (χ1v) is 9.69. The molecule has 3 amide bonds. The van der Waals surface area contributed by atoms with Gasteiger partial charge in [0.25, 0.3) is 11.8 Å². The number of hydrogen-bond acceptors (Lipinski definition) is 4. The molecule has 0 aliphatic carbocycles. The Labute approximate surface area is 169 Å². The van der Waals surface area contributed by atoms with E-state index in [1.807, 2.05) is 18.2 Å². The highest BCUT2D eigenvalue weighted by Crippen LogP contribution is 2.16. The highest BCUT2D eigenvalue weighted by molar-refractivity contribution is 7.80. The minimum absolute atomic E-state index is 0.0544. The molecular formula is C21H23N3O3S. The predicted molar refractivity (Wildman–Crippen MR) is 110 cm³/mol. The second-order valence-corrected chi connectivity index (χ2v) is 7.07. The van der Waals surface area contributed by atoms with Crippen LogP contribution in [-0.4, -0.2) is 60.2 Å². The molecule has 1 aliphatic rings. The van der Waals surface area contributed by atoms with E-state index in [1.54, 1.807) is 46.2 Å². The molecule has 2 aromatic carbocycles. The van der Waals surface area contributed by atoms with E-state index in [0.717, 1.165) is 0 Å². The van der Waals surface area contributed by atoms with Gasteiger partial charge in [-0.3, -0.25) is 14.4 Å². The lowest BCUT2D eigenvalue weighted by Gasteiger charge is -2.23. The van der Waals surface area contributed by atoms with Crippen molar-refractivity contribution in [1.29, 1.82) is 0 Å². The maximum Gasteiger partial charge on any atom is 0.255 e. The zero-order valence-electron chi connectivity index (χ0n) is 15.5. The van der Waals surface area contributed by atoms with Gasteiger partial charge in [0.15, 0.2) is 0 Å². The Bertz CT molecular complexity index is 857. The molecule has 7 heteroatoms. The number of thiol groups is 1. The number of hydrogen-bond donors (Lipinski definition) is 2. The summed E-state index contributed by atoms with van der Waals surface area (Å²) in [6.45, 7) is 1.99. The summed E-state index contributed by atoms with van der Waals surface area (Å²) in [7, 11) is 0. The van der Waals surface area contributed by atoms with Gasteiger partial charge >= 0.3 is 0 Å². The molecule has 0 unspecified atom stereocenters. The molecular weight excluding hydrogens is 374 g/mol. The van der Waals surface area contributed by atoms with Gasteiger partial charge in [-0.05, 0) is 30.7 Å². The van der Waals surface area contributed by atoms with Crippen molar-refractivity contribution in [2.75, 3.05) is 32.7 Å². The molecule has 3 rings (SSSR count). The van der Waals surface area contributed by atoms with Crippen LogP contribution < -0.4 is 5.32 Å². The highest BCUT2D eigenvalue weighted by atomic mass is 32.1. The Morgan fingerprint density at radius 1 is 0.857 bits per heavy atom. The topological polar surface area (TPSA) is 69.7 Å². The number of amides is 3. The average molecular weight is 398 g/mol. The minimum atomic E-state index is -0.272. The maximum atomic E-state index is 12.7. The molecule has 1 N–H and O–H groups in total. The molecule has 146 valence electrons. The van der Waals surface area contributed by atoms with Gasteiger partial charge in [-0.15, -0.1) is 12.6 Å². The fourth-order valence-electron chi connectivity index (χ4n) is 3.15. The summed E-state index contributed by atoms with van der Waals surface area (Å²) in [5.41, 5.74) is 1.09. The summed E-state index contributed by atoms with van der Waals surface area (Å²) >= 11 is 4.36. The van der Waals surface area contributed by atoms with Gasteiger partial charge < -0.3 is 15.1 Å². The van der Waals surface area contributed by atoms with Gasteiger partial charge in [0.2, 0.25) is 5.91 Å². The lowest BCUT2D eigenvalue weighted by molar-refractivity contribution is -0.129. The van der Waals surface area contributed by atoms with Crippen LogP contribution >= 0.6 is 12.6 Å². The van der Waals surface area contributed by atoms with E-state index in [0.29, 0.717) is 48.6 Å². The smallest absolute Gasteiger partial charge is 0.255 e. The fourth-order valence-corrected chi connectivity index (χ4v) is 3.41. The summed E-state index contributed by atoms with van der Waals surface area (Å²) in [5, 5.41) is 2.66. The van der Waals surface area contributed by atoms with Gasteiger partial charge in [-0.25, -0.2) is 0 Å². The molecule has 1 heterocycles. The van der Waals surface area contributed by atoms with Crippen molar-refractivity contribution in [3.63, 3.8) is 0 Å². The van der Waals surface area contributed by atoms with Crippen LogP contribution in [0.1, 0.15) is 27.1 Å². The number of benzene rings is 2. The molecule has 0 radical (unpaired) electrons. The van der Waals surface area contributed by atoms with Crippen LogP contribution in [0.2, 0.25) is 0 Å². The number of carbonyl (C=O) groups is 3. The van der Waals surface area contributed by atoms with Gasteiger partial charge in [-0.2, -0.15) is 0 Å². The van der Waals surface area contributed by atoms with Crippen LogP contribution in [0.25, 0.3) is 0 Å². The SMILES string of the molecule is O=C(NCC(=O)N1CCCN(C(=O)c2ccccc2S)CC1)c1ccccc1. The van der Waals surface area contributed by atoms with Crippen LogP contribution in [0, 0.1) is 0 Å². The van der Waals surface area contributed by atoms with Crippen LogP contribution in [0.15, 0.2) is 59.5 Å². The molecule has 0 aromatic heterocycles. The van der Waals surface area contributed by atoms with Gasteiger partial charge in [-0.1, -0.05) is 30.3 Å². The standard InChI is InChI=1S/C21H23N3O3S/c25-19(15-22-20(26)16-7-2-1-3-8-16)23-11-6-12-24(14-13-23)21(27)17-9-4-5-10-18(17)28/h1-5,7-10,28H,6,11-15H2,(H,22,26). The number of carbonyl (C=O) groups excluding carboxylic acids is 3. The number of nitrogens with zero attached hydrogens (tertiary/aromatic N) is 2. The summed E-state index contributed by atoms with van der Waals surface area (Å²) in [6.07, 6.45) is 0.693. The zero-order valence-corrected chi connectivity index (χ0v) is 16.4. The first-order chi connectivity index (χ1) is 13.6. The molecule has 0 atom stereocenters. The molecule has 1 fully saturated rings. The van der Waals surface area contributed by atoms with E-state index in [2.05, 4.69) is 17.9 Å². The maximum absolute atomic E-state index is 12.7. The van der Waals surface area contributed by atoms with Crippen LogP contribution in [-0.2, 0) is 4.79 Å². The Balaban J connectivity index is 1.53. The summed E-state index contributed by atoms with van der Waals surface area (Å²) in [6, 6.07) is 16.0. The monoisotopic (exact) mass is 397 g/mol. The largest absolute Gasteiger partial charge is 0.343 e. The lowest BCUT2D eigenvalue weighted by Crippen LogP contribution is -2.42. The Hall–Kier alpha value is -2.80. The van der Waals surface area contributed by atoms with Gasteiger partial charge in [0, 0.05) is 36.6 Å². The van der Waals surface area contributed by atoms with Crippen molar-refractivity contribution in [2.45, 2.75) is 11.3 Å². The third-order valence-corrected chi connectivity index (χ3v) is 5.10. The normalized spacial score (nSPS) is 14.3. The van der Waals surface area contributed by atoms with Crippen LogP contribution in [0.3, 0.4) is 0 Å². The lowest BCUT2D eigenvalue weighted by atomic mass is 10.2. The van der Waals surface area contributed by atoms with Crippen LogP contribution in [0.5, 0.6) is 0 Å².